The van der Waals surface area contributed by atoms with Gasteiger partial charge in [-0.1, -0.05) is 6.07 Å². The van der Waals surface area contributed by atoms with Crippen LogP contribution in [-0.2, 0) is 12.6 Å². The number of aromatic nitrogens is 3. The standard InChI is InChI=1S/C12H16N4S/c1-12(13,8-5-6-8)11-14-10(15-16(11)2)9-4-3-7-17-9/h3-4,7-8H,5-6,13H2,1-2H3. The Balaban J connectivity index is 2.01. The number of hydrogen-bond donors (Lipinski definition) is 1. The van der Waals surface area contributed by atoms with Crippen molar-refractivity contribution in [3.05, 3.63) is 23.3 Å². The predicted molar refractivity (Wildman–Crippen MR) is 68.6 cm³/mol. The molecule has 1 unspecified atom stereocenters. The Labute approximate surface area is 104 Å². The monoisotopic (exact) mass is 248 g/mol. The van der Waals surface area contributed by atoms with Crippen LogP contribution in [0.2, 0.25) is 0 Å². The molecule has 0 aliphatic heterocycles. The van der Waals surface area contributed by atoms with Gasteiger partial charge in [0.1, 0.15) is 5.82 Å². The number of aryl methyl sites for hydroxylation is 1. The lowest BCUT2D eigenvalue weighted by atomic mass is 9.96. The maximum Gasteiger partial charge on any atom is 0.191 e. The van der Waals surface area contributed by atoms with E-state index in [9.17, 15) is 0 Å². The molecule has 1 aliphatic carbocycles. The minimum atomic E-state index is -0.350. The van der Waals surface area contributed by atoms with Gasteiger partial charge in [0.15, 0.2) is 5.82 Å². The Kier molecular flexibility index (Phi) is 2.34. The number of rotatable bonds is 3. The molecule has 90 valence electrons. The lowest BCUT2D eigenvalue weighted by Gasteiger charge is -2.22. The van der Waals surface area contributed by atoms with E-state index >= 15 is 0 Å². The van der Waals surface area contributed by atoms with Gasteiger partial charge in [0.2, 0.25) is 0 Å². The molecule has 0 spiro atoms. The first-order chi connectivity index (χ1) is 8.09. The first-order valence-corrected chi connectivity index (χ1v) is 6.71. The average molecular weight is 248 g/mol. The Bertz CT molecular complexity index is 523. The summed E-state index contributed by atoms with van der Waals surface area (Å²) in [7, 11) is 1.92. The van der Waals surface area contributed by atoms with E-state index in [-0.39, 0.29) is 5.54 Å². The van der Waals surface area contributed by atoms with Gasteiger partial charge in [-0.2, -0.15) is 5.10 Å². The Hall–Kier alpha value is -1.20. The molecule has 0 saturated heterocycles. The van der Waals surface area contributed by atoms with E-state index in [4.69, 9.17) is 5.73 Å². The van der Waals surface area contributed by atoms with Gasteiger partial charge in [0.05, 0.1) is 10.4 Å². The topological polar surface area (TPSA) is 56.7 Å². The zero-order valence-corrected chi connectivity index (χ0v) is 10.9. The first kappa shape index (κ1) is 10.9. The molecule has 17 heavy (non-hydrogen) atoms. The maximum atomic E-state index is 6.39. The van der Waals surface area contributed by atoms with Crippen LogP contribution in [-0.4, -0.2) is 14.8 Å². The molecule has 0 aromatic carbocycles. The van der Waals surface area contributed by atoms with Gasteiger partial charge in [-0.25, -0.2) is 4.98 Å². The van der Waals surface area contributed by atoms with Crippen molar-refractivity contribution in [1.29, 1.82) is 0 Å². The molecule has 2 N–H and O–H groups in total. The van der Waals surface area contributed by atoms with Gasteiger partial charge in [-0.3, -0.25) is 4.68 Å². The van der Waals surface area contributed by atoms with E-state index in [1.165, 1.54) is 12.8 Å². The summed E-state index contributed by atoms with van der Waals surface area (Å²) in [6, 6.07) is 4.05. The smallest absolute Gasteiger partial charge is 0.191 e. The van der Waals surface area contributed by atoms with Crippen LogP contribution < -0.4 is 5.73 Å². The largest absolute Gasteiger partial charge is 0.319 e. The fraction of sp³-hybridized carbons (Fsp3) is 0.500. The second-order valence-electron chi connectivity index (χ2n) is 4.92. The number of thiophene rings is 1. The second kappa shape index (κ2) is 3.65. The summed E-state index contributed by atoms with van der Waals surface area (Å²) in [5.41, 5.74) is 6.04. The second-order valence-corrected chi connectivity index (χ2v) is 5.86. The zero-order valence-electron chi connectivity index (χ0n) is 10.1. The Morgan fingerprint density at radius 3 is 2.88 bits per heavy atom. The van der Waals surface area contributed by atoms with Gasteiger partial charge >= 0.3 is 0 Å². The number of nitrogens with two attached hydrogens (primary N) is 1. The molecule has 2 aromatic rings. The van der Waals surface area contributed by atoms with E-state index in [1.807, 2.05) is 29.2 Å². The van der Waals surface area contributed by atoms with Crippen LogP contribution in [0.4, 0.5) is 0 Å². The molecule has 1 fully saturated rings. The summed E-state index contributed by atoms with van der Waals surface area (Å²) in [4.78, 5) is 5.72. The molecule has 5 heteroatoms. The molecule has 1 saturated carbocycles. The third kappa shape index (κ3) is 1.79. The van der Waals surface area contributed by atoms with Crippen LogP contribution in [0.1, 0.15) is 25.6 Å². The van der Waals surface area contributed by atoms with Crippen LogP contribution in [0.3, 0.4) is 0 Å². The molecule has 2 aromatic heterocycles. The summed E-state index contributed by atoms with van der Waals surface area (Å²) in [6.07, 6.45) is 2.41. The molecule has 1 atom stereocenters. The molecular formula is C12H16N4S. The molecule has 4 nitrogen and oxygen atoms in total. The van der Waals surface area contributed by atoms with Crippen LogP contribution in [0, 0.1) is 5.92 Å². The minimum absolute atomic E-state index is 0.350. The molecule has 0 bridgehead atoms. The van der Waals surface area contributed by atoms with Crippen molar-refractivity contribution in [2.75, 3.05) is 0 Å². The lowest BCUT2D eigenvalue weighted by molar-refractivity contribution is 0.382. The van der Waals surface area contributed by atoms with E-state index in [2.05, 4.69) is 17.0 Å². The Morgan fingerprint density at radius 2 is 2.29 bits per heavy atom. The summed E-state index contributed by atoms with van der Waals surface area (Å²) >= 11 is 1.65. The van der Waals surface area contributed by atoms with E-state index in [1.54, 1.807) is 11.3 Å². The number of nitrogens with zero attached hydrogens (tertiary/aromatic N) is 3. The van der Waals surface area contributed by atoms with Crippen LogP contribution >= 0.6 is 11.3 Å². The van der Waals surface area contributed by atoms with Crippen molar-refractivity contribution >= 4 is 11.3 Å². The highest BCUT2D eigenvalue weighted by atomic mass is 32.1. The minimum Gasteiger partial charge on any atom is -0.319 e. The summed E-state index contributed by atoms with van der Waals surface area (Å²) < 4.78 is 1.83. The summed E-state index contributed by atoms with van der Waals surface area (Å²) in [6.45, 7) is 2.06. The van der Waals surface area contributed by atoms with Gasteiger partial charge in [-0.15, -0.1) is 11.3 Å². The quantitative estimate of drug-likeness (QED) is 0.905. The van der Waals surface area contributed by atoms with Crippen molar-refractivity contribution in [3.63, 3.8) is 0 Å². The van der Waals surface area contributed by atoms with Gasteiger partial charge in [-0.05, 0) is 37.1 Å². The zero-order chi connectivity index (χ0) is 12.0. The maximum absolute atomic E-state index is 6.39. The van der Waals surface area contributed by atoms with Gasteiger partial charge < -0.3 is 5.73 Å². The van der Waals surface area contributed by atoms with Gasteiger partial charge in [0, 0.05) is 7.05 Å². The fourth-order valence-corrected chi connectivity index (χ4v) is 2.88. The molecule has 0 amide bonds. The highest BCUT2D eigenvalue weighted by Crippen LogP contribution is 2.43. The normalized spacial score (nSPS) is 19.2. The van der Waals surface area contributed by atoms with E-state index in [0.717, 1.165) is 16.5 Å². The first-order valence-electron chi connectivity index (χ1n) is 5.83. The predicted octanol–water partition coefficient (Wildman–Crippen LogP) is 2.13. The van der Waals surface area contributed by atoms with E-state index < -0.39 is 0 Å². The van der Waals surface area contributed by atoms with Crippen molar-refractivity contribution in [3.8, 4) is 10.7 Å². The molecule has 0 radical (unpaired) electrons. The lowest BCUT2D eigenvalue weighted by Crippen LogP contribution is -2.38. The Morgan fingerprint density at radius 1 is 1.53 bits per heavy atom. The van der Waals surface area contributed by atoms with Crippen molar-refractivity contribution < 1.29 is 0 Å². The highest BCUT2D eigenvalue weighted by Gasteiger charge is 2.43. The average Bonchev–Trinajstić information content (AvgIpc) is 2.86. The third-order valence-electron chi connectivity index (χ3n) is 3.41. The van der Waals surface area contributed by atoms with Gasteiger partial charge in [0.25, 0.3) is 0 Å². The highest BCUT2D eigenvalue weighted by molar-refractivity contribution is 7.13. The molecule has 2 heterocycles. The van der Waals surface area contributed by atoms with E-state index in [0.29, 0.717) is 5.92 Å². The van der Waals surface area contributed by atoms with Crippen LogP contribution in [0.5, 0.6) is 0 Å². The SMILES string of the molecule is Cn1nc(-c2cccs2)nc1C(C)(N)C1CC1. The van der Waals surface area contributed by atoms with Crippen molar-refractivity contribution in [2.45, 2.75) is 25.3 Å². The number of hydrogen-bond acceptors (Lipinski definition) is 4. The molecule has 3 rings (SSSR count). The summed E-state index contributed by atoms with van der Waals surface area (Å²) in [5.74, 6) is 2.24. The fourth-order valence-electron chi connectivity index (χ4n) is 2.23. The van der Waals surface area contributed by atoms with Crippen LogP contribution in [0.15, 0.2) is 17.5 Å². The molecular weight excluding hydrogens is 232 g/mol. The third-order valence-corrected chi connectivity index (χ3v) is 4.28. The molecule has 1 aliphatic rings. The van der Waals surface area contributed by atoms with Crippen molar-refractivity contribution in [1.82, 2.24) is 14.8 Å². The summed E-state index contributed by atoms with van der Waals surface area (Å²) in [5, 5.41) is 6.50. The van der Waals surface area contributed by atoms with Crippen LogP contribution in [0.25, 0.3) is 10.7 Å². The van der Waals surface area contributed by atoms with Crippen molar-refractivity contribution in [2.24, 2.45) is 18.7 Å².